The van der Waals surface area contributed by atoms with Gasteiger partial charge in [0.25, 0.3) is 0 Å². The van der Waals surface area contributed by atoms with Crippen LogP contribution in [0.2, 0.25) is 0 Å². The number of hydrogen-bond acceptors (Lipinski definition) is 3. The molecule has 3 nitrogen and oxygen atoms in total. The van der Waals surface area contributed by atoms with E-state index in [1.54, 1.807) is 11.8 Å². The first-order valence-corrected chi connectivity index (χ1v) is 5.69. The Balaban J connectivity index is 3.60. The molecular weight excluding hydrogens is 196 g/mol. The molecule has 0 spiro atoms. The Labute approximate surface area is 90.2 Å². The van der Waals surface area contributed by atoms with Gasteiger partial charge in [0.05, 0.1) is 11.2 Å². The van der Waals surface area contributed by atoms with Gasteiger partial charge >= 0.3 is 0 Å². The lowest BCUT2D eigenvalue weighted by Gasteiger charge is -2.20. The van der Waals surface area contributed by atoms with Crippen LogP contribution in [-0.2, 0) is 4.79 Å². The topological polar surface area (TPSA) is 55.1 Å². The fraction of sp³-hybridized carbons (Fsp3) is 0.700. The summed E-state index contributed by atoms with van der Waals surface area (Å²) in [5.74, 6) is 4.06. The van der Waals surface area contributed by atoms with Crippen molar-refractivity contribution in [2.24, 2.45) is 11.1 Å². The minimum atomic E-state index is -0.475. The summed E-state index contributed by atoms with van der Waals surface area (Å²) in [4.78, 5) is 11.5. The predicted molar refractivity (Wildman–Crippen MR) is 62.0 cm³/mol. The lowest BCUT2D eigenvalue weighted by molar-refractivity contribution is -0.128. The Hall–Kier alpha value is -0.660. The number of nitrogens with two attached hydrogens (primary N) is 1. The molecule has 0 aromatic rings. The largest absolute Gasteiger partial charge is 0.355 e. The van der Waals surface area contributed by atoms with Crippen LogP contribution in [0.5, 0.6) is 0 Å². The molecule has 0 radical (unpaired) electrons. The van der Waals surface area contributed by atoms with E-state index in [2.05, 4.69) is 11.2 Å². The van der Waals surface area contributed by atoms with Crippen LogP contribution in [-0.4, -0.2) is 30.5 Å². The van der Waals surface area contributed by atoms with E-state index in [-0.39, 0.29) is 5.91 Å². The standard InChI is InChI=1S/C10H18N2OS/c1-4-6-14-7-5-12-9(13)10(2,3)8-11/h1H,5-8,11H2,2-3H3,(H,12,13). The highest BCUT2D eigenvalue weighted by atomic mass is 32.2. The minimum Gasteiger partial charge on any atom is -0.355 e. The predicted octanol–water partition coefficient (Wildman–Crippen LogP) is 0.454. The van der Waals surface area contributed by atoms with Crippen molar-refractivity contribution in [3.05, 3.63) is 0 Å². The number of hydrogen-bond donors (Lipinski definition) is 2. The second-order valence-electron chi connectivity index (χ2n) is 3.60. The molecule has 0 unspecified atom stereocenters. The summed E-state index contributed by atoms with van der Waals surface area (Å²) in [5.41, 5.74) is 4.99. The van der Waals surface area contributed by atoms with Crippen LogP contribution in [0, 0.1) is 17.8 Å². The average Bonchev–Trinajstić information content (AvgIpc) is 2.17. The van der Waals surface area contributed by atoms with Crippen LogP contribution in [0.4, 0.5) is 0 Å². The van der Waals surface area contributed by atoms with Crippen LogP contribution in [0.25, 0.3) is 0 Å². The van der Waals surface area contributed by atoms with E-state index >= 15 is 0 Å². The summed E-state index contributed by atoms with van der Waals surface area (Å²) in [6, 6.07) is 0. The van der Waals surface area contributed by atoms with Crippen molar-refractivity contribution in [2.75, 3.05) is 24.6 Å². The highest BCUT2D eigenvalue weighted by Crippen LogP contribution is 2.11. The molecule has 4 heteroatoms. The molecule has 3 N–H and O–H groups in total. The summed E-state index contributed by atoms with van der Waals surface area (Å²) in [5, 5.41) is 2.82. The van der Waals surface area contributed by atoms with Crippen LogP contribution < -0.4 is 11.1 Å². The summed E-state index contributed by atoms with van der Waals surface area (Å²) >= 11 is 1.63. The van der Waals surface area contributed by atoms with Crippen molar-refractivity contribution in [1.29, 1.82) is 0 Å². The quantitative estimate of drug-likeness (QED) is 0.499. The zero-order valence-electron chi connectivity index (χ0n) is 8.80. The summed E-state index contributed by atoms with van der Waals surface area (Å²) in [7, 11) is 0. The third-order valence-corrected chi connectivity index (χ3v) is 2.71. The smallest absolute Gasteiger partial charge is 0.226 e. The van der Waals surface area contributed by atoms with E-state index in [4.69, 9.17) is 12.2 Å². The van der Waals surface area contributed by atoms with Crippen molar-refractivity contribution in [2.45, 2.75) is 13.8 Å². The fourth-order valence-corrected chi connectivity index (χ4v) is 1.21. The average molecular weight is 214 g/mol. The van der Waals surface area contributed by atoms with Gasteiger partial charge in [-0.15, -0.1) is 18.2 Å². The van der Waals surface area contributed by atoms with Gasteiger partial charge in [-0.2, -0.15) is 0 Å². The number of terminal acetylenes is 1. The van der Waals surface area contributed by atoms with Crippen LogP contribution in [0.1, 0.15) is 13.8 Å². The Morgan fingerprint density at radius 1 is 1.64 bits per heavy atom. The highest BCUT2D eigenvalue weighted by Gasteiger charge is 2.24. The van der Waals surface area contributed by atoms with Crippen molar-refractivity contribution >= 4 is 17.7 Å². The molecule has 0 aromatic heterocycles. The first kappa shape index (κ1) is 13.3. The number of nitrogens with one attached hydrogen (secondary N) is 1. The number of carbonyl (C=O) groups excluding carboxylic acids is 1. The lowest BCUT2D eigenvalue weighted by atomic mass is 9.93. The molecule has 0 bridgehead atoms. The first-order valence-electron chi connectivity index (χ1n) is 4.54. The Morgan fingerprint density at radius 3 is 2.79 bits per heavy atom. The molecule has 0 aliphatic rings. The SMILES string of the molecule is C#CCSCCNC(=O)C(C)(C)CN. The van der Waals surface area contributed by atoms with E-state index in [0.29, 0.717) is 18.8 Å². The maximum atomic E-state index is 11.5. The summed E-state index contributed by atoms with van der Waals surface area (Å²) in [6.45, 7) is 4.67. The van der Waals surface area contributed by atoms with E-state index in [9.17, 15) is 4.79 Å². The molecule has 0 saturated carbocycles. The zero-order valence-corrected chi connectivity index (χ0v) is 9.62. The van der Waals surface area contributed by atoms with Gasteiger partial charge in [-0.05, 0) is 13.8 Å². The molecule has 0 heterocycles. The van der Waals surface area contributed by atoms with Gasteiger partial charge in [0.2, 0.25) is 5.91 Å². The maximum absolute atomic E-state index is 11.5. The van der Waals surface area contributed by atoms with Gasteiger partial charge in [0, 0.05) is 18.8 Å². The third kappa shape index (κ3) is 5.15. The van der Waals surface area contributed by atoms with Crippen molar-refractivity contribution < 1.29 is 4.79 Å². The number of carbonyl (C=O) groups is 1. The van der Waals surface area contributed by atoms with Gasteiger partial charge in [0.15, 0.2) is 0 Å². The number of amides is 1. The molecular formula is C10H18N2OS. The molecule has 80 valence electrons. The van der Waals surface area contributed by atoms with Crippen LogP contribution in [0.3, 0.4) is 0 Å². The summed E-state index contributed by atoms with van der Waals surface area (Å²) < 4.78 is 0. The normalized spacial score (nSPS) is 10.7. The van der Waals surface area contributed by atoms with Gasteiger partial charge in [-0.3, -0.25) is 4.79 Å². The second kappa shape index (κ2) is 6.74. The van der Waals surface area contributed by atoms with E-state index in [1.807, 2.05) is 13.8 Å². The van der Waals surface area contributed by atoms with Gasteiger partial charge in [-0.1, -0.05) is 5.92 Å². The second-order valence-corrected chi connectivity index (χ2v) is 4.71. The van der Waals surface area contributed by atoms with Crippen molar-refractivity contribution in [3.8, 4) is 12.3 Å². The van der Waals surface area contributed by atoms with Crippen LogP contribution in [0.15, 0.2) is 0 Å². The zero-order chi connectivity index (χ0) is 11.0. The molecule has 0 atom stereocenters. The van der Waals surface area contributed by atoms with Crippen molar-refractivity contribution in [1.82, 2.24) is 5.32 Å². The Kier molecular flexibility index (Phi) is 6.43. The first-order chi connectivity index (χ1) is 6.54. The monoisotopic (exact) mass is 214 g/mol. The van der Waals surface area contributed by atoms with Crippen LogP contribution >= 0.6 is 11.8 Å². The summed E-state index contributed by atoms with van der Waals surface area (Å²) in [6.07, 6.45) is 5.09. The molecule has 0 aromatic carbocycles. The van der Waals surface area contributed by atoms with E-state index < -0.39 is 5.41 Å². The number of rotatable bonds is 6. The van der Waals surface area contributed by atoms with E-state index in [0.717, 1.165) is 5.75 Å². The number of thioether (sulfide) groups is 1. The molecule has 0 aliphatic carbocycles. The molecule has 0 saturated heterocycles. The van der Waals surface area contributed by atoms with Gasteiger partial charge < -0.3 is 11.1 Å². The molecule has 0 rings (SSSR count). The van der Waals surface area contributed by atoms with Gasteiger partial charge in [-0.25, -0.2) is 0 Å². The molecule has 14 heavy (non-hydrogen) atoms. The van der Waals surface area contributed by atoms with E-state index in [1.165, 1.54) is 0 Å². The Bertz CT molecular complexity index is 221. The fourth-order valence-electron chi connectivity index (χ4n) is 0.700. The highest BCUT2D eigenvalue weighted by molar-refractivity contribution is 7.99. The molecule has 1 amide bonds. The maximum Gasteiger partial charge on any atom is 0.226 e. The third-order valence-electron chi connectivity index (χ3n) is 1.84. The Morgan fingerprint density at radius 2 is 2.29 bits per heavy atom. The van der Waals surface area contributed by atoms with Gasteiger partial charge in [0.1, 0.15) is 0 Å². The molecule has 0 fully saturated rings. The lowest BCUT2D eigenvalue weighted by Crippen LogP contribution is -2.42. The molecule has 0 aliphatic heterocycles. The van der Waals surface area contributed by atoms with Crippen molar-refractivity contribution in [3.63, 3.8) is 0 Å². The minimum absolute atomic E-state index is 0.00121.